The Bertz CT molecular complexity index is 800. The summed E-state index contributed by atoms with van der Waals surface area (Å²) >= 11 is 4.95. The Labute approximate surface area is 124 Å². The third kappa shape index (κ3) is 2.79. The summed E-state index contributed by atoms with van der Waals surface area (Å²) in [5, 5.41) is 0. The highest BCUT2D eigenvalue weighted by atomic mass is 32.1. The second-order valence-electron chi connectivity index (χ2n) is 5.04. The van der Waals surface area contributed by atoms with Crippen molar-refractivity contribution in [2.24, 2.45) is 0 Å². The van der Waals surface area contributed by atoms with E-state index in [-0.39, 0.29) is 16.9 Å². The summed E-state index contributed by atoms with van der Waals surface area (Å²) in [6.45, 7) is 1.35. The molecule has 110 valence electrons. The zero-order valence-corrected chi connectivity index (χ0v) is 11.9. The van der Waals surface area contributed by atoms with E-state index in [4.69, 9.17) is 12.2 Å². The van der Waals surface area contributed by atoms with Gasteiger partial charge in [0, 0.05) is 36.5 Å². The van der Waals surface area contributed by atoms with Crippen molar-refractivity contribution >= 4 is 12.2 Å². The van der Waals surface area contributed by atoms with Crippen LogP contribution in [0, 0.1) is 16.4 Å². The number of aromatic amines is 2. The van der Waals surface area contributed by atoms with E-state index in [1.165, 1.54) is 6.07 Å². The van der Waals surface area contributed by atoms with Crippen LogP contribution in [0.2, 0.25) is 0 Å². The molecule has 0 amide bonds. The normalized spacial score (nSPS) is 15.0. The first-order valence-corrected chi connectivity index (χ1v) is 6.95. The van der Waals surface area contributed by atoms with Crippen molar-refractivity contribution in [1.82, 2.24) is 14.9 Å². The molecule has 1 aromatic heterocycles. The second kappa shape index (κ2) is 5.50. The van der Waals surface area contributed by atoms with E-state index in [9.17, 15) is 13.6 Å². The quantitative estimate of drug-likeness (QED) is 0.837. The molecule has 4 nitrogen and oxygen atoms in total. The summed E-state index contributed by atoms with van der Waals surface area (Å²) in [6.07, 6.45) is 0.549. The van der Waals surface area contributed by atoms with Crippen LogP contribution >= 0.6 is 12.2 Å². The first-order valence-electron chi connectivity index (χ1n) is 6.54. The Morgan fingerprint density at radius 1 is 1.29 bits per heavy atom. The van der Waals surface area contributed by atoms with Crippen molar-refractivity contribution in [3.05, 3.63) is 61.8 Å². The van der Waals surface area contributed by atoms with E-state index in [1.807, 2.05) is 4.90 Å². The predicted molar refractivity (Wildman–Crippen MR) is 76.4 cm³/mol. The summed E-state index contributed by atoms with van der Waals surface area (Å²) in [6, 6.07) is 4.15. The van der Waals surface area contributed by atoms with Crippen LogP contribution in [0.4, 0.5) is 8.78 Å². The van der Waals surface area contributed by atoms with Crippen molar-refractivity contribution in [2.45, 2.75) is 19.5 Å². The van der Waals surface area contributed by atoms with Gasteiger partial charge in [0.2, 0.25) is 0 Å². The third-order valence-electron chi connectivity index (χ3n) is 3.62. The van der Waals surface area contributed by atoms with Gasteiger partial charge in [0.15, 0.2) is 16.4 Å². The third-order valence-corrected chi connectivity index (χ3v) is 3.82. The number of fused-ring (bicyclic) bond motifs is 1. The topological polar surface area (TPSA) is 51.9 Å². The average molecular weight is 309 g/mol. The summed E-state index contributed by atoms with van der Waals surface area (Å²) in [7, 11) is 0. The van der Waals surface area contributed by atoms with Crippen LogP contribution in [0.15, 0.2) is 23.0 Å². The summed E-state index contributed by atoms with van der Waals surface area (Å²) in [5.74, 6) is -1.66. The van der Waals surface area contributed by atoms with Crippen LogP contribution in [0.1, 0.15) is 16.8 Å². The van der Waals surface area contributed by atoms with Gasteiger partial charge >= 0.3 is 0 Å². The molecule has 2 heterocycles. The molecule has 0 spiro atoms. The molecule has 0 unspecified atom stereocenters. The average Bonchev–Trinajstić information content (AvgIpc) is 2.43. The molecule has 2 N–H and O–H groups in total. The van der Waals surface area contributed by atoms with Gasteiger partial charge in [-0.05, 0) is 24.7 Å². The summed E-state index contributed by atoms with van der Waals surface area (Å²) in [5.41, 5.74) is 1.55. The van der Waals surface area contributed by atoms with E-state index in [0.29, 0.717) is 30.6 Å². The largest absolute Gasteiger partial charge is 0.334 e. The second-order valence-corrected chi connectivity index (χ2v) is 5.45. The monoisotopic (exact) mass is 309 g/mol. The molecule has 0 atom stereocenters. The summed E-state index contributed by atoms with van der Waals surface area (Å²) in [4.78, 5) is 19.2. The Kier molecular flexibility index (Phi) is 3.69. The van der Waals surface area contributed by atoms with E-state index < -0.39 is 11.6 Å². The van der Waals surface area contributed by atoms with Gasteiger partial charge in [-0.25, -0.2) is 8.78 Å². The number of halogens is 2. The molecular formula is C14H13F2N3OS. The maximum Gasteiger partial charge on any atom is 0.255 e. The molecule has 0 bridgehead atoms. The maximum absolute atomic E-state index is 13.7. The number of hydrogen-bond donors (Lipinski definition) is 2. The molecule has 0 saturated heterocycles. The van der Waals surface area contributed by atoms with Crippen molar-refractivity contribution < 1.29 is 8.78 Å². The number of hydrogen-bond acceptors (Lipinski definition) is 3. The van der Waals surface area contributed by atoms with Crippen LogP contribution in [0.5, 0.6) is 0 Å². The highest BCUT2D eigenvalue weighted by molar-refractivity contribution is 7.71. The number of nitrogens with one attached hydrogen (secondary N) is 2. The molecule has 0 radical (unpaired) electrons. The van der Waals surface area contributed by atoms with Crippen LogP contribution in [-0.4, -0.2) is 21.4 Å². The lowest BCUT2D eigenvalue weighted by molar-refractivity contribution is 0.236. The first-order chi connectivity index (χ1) is 10.0. The fraction of sp³-hybridized carbons (Fsp3) is 0.286. The Balaban J connectivity index is 1.85. The van der Waals surface area contributed by atoms with E-state index in [1.54, 1.807) is 6.07 Å². The van der Waals surface area contributed by atoms with Crippen LogP contribution in [-0.2, 0) is 19.5 Å². The van der Waals surface area contributed by atoms with Crippen molar-refractivity contribution in [3.63, 3.8) is 0 Å². The number of rotatable bonds is 2. The van der Waals surface area contributed by atoms with E-state index in [2.05, 4.69) is 9.97 Å². The van der Waals surface area contributed by atoms with Crippen molar-refractivity contribution in [2.75, 3.05) is 6.54 Å². The van der Waals surface area contributed by atoms with Gasteiger partial charge in [-0.3, -0.25) is 14.7 Å². The Morgan fingerprint density at radius 3 is 2.90 bits per heavy atom. The van der Waals surface area contributed by atoms with Crippen LogP contribution < -0.4 is 5.56 Å². The molecule has 2 aromatic rings. The smallest absolute Gasteiger partial charge is 0.255 e. The maximum atomic E-state index is 13.7. The molecule has 1 aromatic carbocycles. The lowest BCUT2D eigenvalue weighted by Crippen LogP contribution is -2.35. The number of benzene rings is 1. The molecule has 21 heavy (non-hydrogen) atoms. The highest BCUT2D eigenvalue weighted by Crippen LogP contribution is 2.18. The zero-order chi connectivity index (χ0) is 15.0. The highest BCUT2D eigenvalue weighted by Gasteiger charge is 2.20. The standard InChI is InChI=1S/C14H13F2N3OS/c15-10-3-1-2-8(12(10)16)6-19-5-4-9-11(7-19)17-14(21)18-13(9)20/h1-3H,4-7H2,(H2,17,18,20,21). The summed E-state index contributed by atoms with van der Waals surface area (Å²) < 4.78 is 27.2. The van der Waals surface area contributed by atoms with Crippen molar-refractivity contribution in [3.8, 4) is 0 Å². The fourth-order valence-corrected chi connectivity index (χ4v) is 2.79. The number of nitrogens with zero attached hydrogens (tertiary/aromatic N) is 1. The predicted octanol–water partition coefficient (Wildman–Crippen LogP) is 2.27. The van der Waals surface area contributed by atoms with Gasteiger partial charge in [-0.15, -0.1) is 0 Å². The van der Waals surface area contributed by atoms with E-state index >= 15 is 0 Å². The first kappa shape index (κ1) is 14.1. The van der Waals surface area contributed by atoms with Gasteiger partial charge in [-0.2, -0.15) is 0 Å². The molecule has 3 rings (SSSR count). The van der Waals surface area contributed by atoms with Gasteiger partial charge in [0.05, 0.1) is 0 Å². The van der Waals surface area contributed by atoms with Gasteiger partial charge < -0.3 is 4.98 Å². The Hall–Kier alpha value is -1.86. The van der Waals surface area contributed by atoms with Crippen LogP contribution in [0.25, 0.3) is 0 Å². The van der Waals surface area contributed by atoms with Gasteiger partial charge in [-0.1, -0.05) is 12.1 Å². The molecule has 0 fully saturated rings. The Morgan fingerprint density at radius 2 is 2.10 bits per heavy atom. The minimum absolute atomic E-state index is 0.176. The lowest BCUT2D eigenvalue weighted by atomic mass is 10.1. The molecule has 0 aliphatic carbocycles. The number of aromatic nitrogens is 2. The molecule has 1 aliphatic heterocycles. The number of H-pyrrole nitrogens is 2. The lowest BCUT2D eigenvalue weighted by Gasteiger charge is -2.27. The van der Waals surface area contributed by atoms with Crippen molar-refractivity contribution in [1.29, 1.82) is 0 Å². The van der Waals surface area contributed by atoms with Gasteiger partial charge in [0.25, 0.3) is 5.56 Å². The zero-order valence-electron chi connectivity index (χ0n) is 11.1. The van der Waals surface area contributed by atoms with Crippen LogP contribution in [0.3, 0.4) is 0 Å². The molecule has 7 heteroatoms. The fourth-order valence-electron chi connectivity index (χ4n) is 2.58. The minimum Gasteiger partial charge on any atom is -0.334 e. The van der Waals surface area contributed by atoms with Gasteiger partial charge in [0.1, 0.15) is 0 Å². The molecular weight excluding hydrogens is 296 g/mol. The minimum atomic E-state index is -0.847. The SMILES string of the molecule is O=c1[nH]c(=S)[nH]c2c1CCN(Cc1cccc(F)c1F)C2. The molecule has 1 aliphatic rings. The molecule has 0 saturated carbocycles. The van der Waals surface area contributed by atoms with E-state index in [0.717, 1.165) is 11.8 Å².